The smallest absolute Gasteiger partial charge is 0.402 e. The summed E-state index contributed by atoms with van der Waals surface area (Å²) in [6.45, 7) is 0. The zero-order valence-corrected chi connectivity index (χ0v) is 8.85. The fourth-order valence-corrected chi connectivity index (χ4v) is 1.56. The zero-order valence-electron chi connectivity index (χ0n) is 8.85. The van der Waals surface area contributed by atoms with E-state index in [1.165, 1.54) is 12.1 Å². The summed E-state index contributed by atoms with van der Waals surface area (Å²) in [7, 11) is 0. The first-order valence-electron chi connectivity index (χ1n) is 4.78. The van der Waals surface area contributed by atoms with Crippen molar-refractivity contribution in [3.63, 3.8) is 0 Å². The van der Waals surface area contributed by atoms with Crippen molar-refractivity contribution in [2.24, 2.45) is 11.8 Å². The van der Waals surface area contributed by atoms with Gasteiger partial charge in [-0.25, -0.2) is 0 Å². The Morgan fingerprint density at radius 1 is 1.17 bits per heavy atom. The van der Waals surface area contributed by atoms with Gasteiger partial charge in [-0.1, -0.05) is 0 Å². The summed E-state index contributed by atoms with van der Waals surface area (Å²) in [5, 5.41) is 0. The average Bonchev–Trinajstić information content (AvgIpc) is 2.64. The molecule has 3 N–H and O–H groups in total. The maximum atomic E-state index is 12.4. The van der Waals surface area contributed by atoms with E-state index in [-0.39, 0.29) is 5.76 Å². The number of furan rings is 1. The van der Waals surface area contributed by atoms with Gasteiger partial charge in [-0.05, 0) is 12.1 Å². The van der Waals surface area contributed by atoms with Gasteiger partial charge in [0.25, 0.3) is 0 Å². The maximum Gasteiger partial charge on any atom is 0.402 e. The molecule has 0 saturated heterocycles. The van der Waals surface area contributed by atoms with E-state index in [1.807, 2.05) is 0 Å². The van der Waals surface area contributed by atoms with Gasteiger partial charge in [-0.15, -0.1) is 0 Å². The lowest BCUT2D eigenvalue weighted by Gasteiger charge is -2.29. The second-order valence-electron chi connectivity index (χ2n) is 3.62. The van der Waals surface area contributed by atoms with Crippen LogP contribution in [0.5, 0.6) is 0 Å². The fraction of sp³-hybridized carbons (Fsp3) is 0.556. The van der Waals surface area contributed by atoms with Crippen molar-refractivity contribution in [2.45, 2.75) is 24.8 Å². The first-order valence-corrected chi connectivity index (χ1v) is 4.78. The van der Waals surface area contributed by atoms with Gasteiger partial charge in [0.15, 0.2) is 5.92 Å². The highest BCUT2D eigenvalue weighted by Crippen LogP contribution is 2.41. The van der Waals surface area contributed by atoms with Gasteiger partial charge in [0.05, 0.1) is 6.26 Å². The Morgan fingerprint density at radius 2 is 1.72 bits per heavy atom. The van der Waals surface area contributed by atoms with Gasteiger partial charge in [0.2, 0.25) is 0 Å². The van der Waals surface area contributed by atoms with Crippen LogP contribution in [-0.2, 0) is 6.42 Å². The van der Waals surface area contributed by atoms with Crippen LogP contribution in [-0.4, -0.2) is 18.4 Å². The highest BCUT2D eigenvalue weighted by molar-refractivity contribution is 5.02. The van der Waals surface area contributed by atoms with Crippen LogP contribution >= 0.6 is 0 Å². The molecule has 0 bridgehead atoms. The molecule has 1 heterocycles. The second kappa shape index (κ2) is 5.19. The quantitative estimate of drug-likeness (QED) is 0.504. The van der Waals surface area contributed by atoms with Crippen LogP contribution in [0, 0.1) is 5.92 Å². The Labute approximate surface area is 97.9 Å². The van der Waals surface area contributed by atoms with E-state index in [4.69, 9.17) is 10.3 Å². The van der Waals surface area contributed by atoms with Crippen LogP contribution in [0.1, 0.15) is 5.76 Å². The molecule has 0 saturated carbocycles. The van der Waals surface area contributed by atoms with Crippen molar-refractivity contribution in [3.05, 3.63) is 24.2 Å². The summed E-state index contributed by atoms with van der Waals surface area (Å²) in [5.74, 6) is 1.22. The Bertz CT molecular complexity index is 344. The third kappa shape index (κ3) is 3.64. The molecule has 18 heavy (non-hydrogen) atoms. The number of rotatable bonds is 4. The van der Waals surface area contributed by atoms with Gasteiger partial charge >= 0.3 is 12.4 Å². The lowest BCUT2D eigenvalue weighted by Crippen LogP contribution is -2.54. The SMILES string of the molecule is NNC(Cc1ccco1)C(C(F)(F)F)C(F)(F)F. The van der Waals surface area contributed by atoms with Gasteiger partial charge in [-0.2, -0.15) is 26.3 Å². The number of hydrogen-bond donors (Lipinski definition) is 2. The van der Waals surface area contributed by atoms with Crippen LogP contribution in [0.2, 0.25) is 0 Å². The van der Waals surface area contributed by atoms with Crippen molar-refractivity contribution in [3.8, 4) is 0 Å². The molecule has 1 unspecified atom stereocenters. The number of halogens is 6. The molecule has 1 atom stereocenters. The summed E-state index contributed by atoms with van der Waals surface area (Å²) < 4.78 is 79.3. The molecule has 104 valence electrons. The Kier molecular flexibility index (Phi) is 4.28. The summed E-state index contributed by atoms with van der Waals surface area (Å²) in [5.41, 5.74) is 1.55. The molecule has 0 aliphatic heterocycles. The third-order valence-corrected chi connectivity index (χ3v) is 2.32. The molecular weight excluding hydrogens is 266 g/mol. The largest absolute Gasteiger partial charge is 0.469 e. The predicted molar refractivity (Wildman–Crippen MR) is 49.1 cm³/mol. The van der Waals surface area contributed by atoms with Crippen molar-refractivity contribution < 1.29 is 30.8 Å². The molecule has 0 aliphatic carbocycles. The van der Waals surface area contributed by atoms with E-state index in [2.05, 4.69) is 0 Å². The van der Waals surface area contributed by atoms with Crippen LogP contribution in [0.25, 0.3) is 0 Å². The van der Waals surface area contributed by atoms with Crippen molar-refractivity contribution in [1.29, 1.82) is 0 Å². The summed E-state index contributed by atoms with van der Waals surface area (Å²) in [6, 6.07) is 0.587. The molecular formula is C9H10F6N2O. The lowest BCUT2D eigenvalue weighted by molar-refractivity contribution is -0.291. The zero-order chi connectivity index (χ0) is 14.0. The molecule has 0 aromatic carbocycles. The average molecular weight is 276 g/mol. The topological polar surface area (TPSA) is 51.2 Å². The Balaban J connectivity index is 2.95. The van der Waals surface area contributed by atoms with E-state index < -0.39 is 30.7 Å². The summed E-state index contributed by atoms with van der Waals surface area (Å²) in [6.07, 6.45) is -10.4. The monoisotopic (exact) mass is 276 g/mol. The highest BCUT2D eigenvalue weighted by Gasteiger charge is 2.60. The van der Waals surface area contributed by atoms with E-state index in [1.54, 1.807) is 5.43 Å². The van der Waals surface area contributed by atoms with Gasteiger partial charge in [-0.3, -0.25) is 11.3 Å². The minimum atomic E-state index is -5.44. The van der Waals surface area contributed by atoms with Crippen molar-refractivity contribution in [2.75, 3.05) is 0 Å². The maximum absolute atomic E-state index is 12.4. The predicted octanol–water partition coefficient (Wildman–Crippen LogP) is 2.39. The number of alkyl halides is 6. The first-order chi connectivity index (χ1) is 8.16. The normalized spacial score (nSPS) is 15.1. The molecule has 9 heteroatoms. The van der Waals surface area contributed by atoms with Crippen molar-refractivity contribution in [1.82, 2.24) is 5.43 Å². The standard InChI is InChI=1S/C9H10F6N2O/c10-8(11,12)7(9(13,14)15)6(17-16)4-5-2-1-3-18-5/h1-3,6-7,17H,4,16H2. The molecule has 3 nitrogen and oxygen atoms in total. The molecule has 0 spiro atoms. The molecule has 0 amide bonds. The Morgan fingerprint density at radius 3 is 2.06 bits per heavy atom. The summed E-state index contributed by atoms with van der Waals surface area (Å²) in [4.78, 5) is 0. The van der Waals surface area contributed by atoms with E-state index in [9.17, 15) is 26.3 Å². The minimum absolute atomic E-state index is 0.0172. The second-order valence-corrected chi connectivity index (χ2v) is 3.62. The lowest BCUT2D eigenvalue weighted by atomic mass is 9.95. The summed E-state index contributed by atoms with van der Waals surface area (Å²) >= 11 is 0. The number of hydrogen-bond acceptors (Lipinski definition) is 3. The molecule has 1 aromatic heterocycles. The Hall–Kier alpha value is -1.22. The molecule has 1 rings (SSSR count). The highest BCUT2D eigenvalue weighted by atomic mass is 19.4. The van der Waals surface area contributed by atoms with Gasteiger partial charge in [0.1, 0.15) is 5.76 Å². The number of hydrazine groups is 1. The molecule has 0 radical (unpaired) electrons. The molecule has 1 aromatic rings. The van der Waals surface area contributed by atoms with Crippen LogP contribution in [0.4, 0.5) is 26.3 Å². The third-order valence-electron chi connectivity index (χ3n) is 2.32. The van der Waals surface area contributed by atoms with Crippen LogP contribution in [0.3, 0.4) is 0 Å². The van der Waals surface area contributed by atoms with Crippen LogP contribution < -0.4 is 11.3 Å². The van der Waals surface area contributed by atoms with Crippen molar-refractivity contribution >= 4 is 0 Å². The van der Waals surface area contributed by atoms with E-state index in [0.29, 0.717) is 0 Å². The first kappa shape index (κ1) is 14.8. The van der Waals surface area contributed by atoms with E-state index in [0.717, 1.165) is 6.26 Å². The van der Waals surface area contributed by atoms with Gasteiger partial charge in [0, 0.05) is 12.5 Å². The molecule has 0 aliphatic rings. The number of nitrogens with one attached hydrogen (secondary N) is 1. The van der Waals surface area contributed by atoms with Gasteiger partial charge < -0.3 is 4.42 Å². The minimum Gasteiger partial charge on any atom is -0.469 e. The number of nitrogens with two attached hydrogens (primary N) is 1. The van der Waals surface area contributed by atoms with Crippen LogP contribution in [0.15, 0.2) is 22.8 Å². The molecule has 0 fully saturated rings. The van der Waals surface area contributed by atoms with E-state index >= 15 is 0 Å². The fourth-order valence-electron chi connectivity index (χ4n) is 1.56.